The fourth-order valence-corrected chi connectivity index (χ4v) is 9.37. The Morgan fingerprint density at radius 3 is 2.52 bits per heavy atom. The van der Waals surface area contributed by atoms with Crippen molar-refractivity contribution in [2.45, 2.75) is 105 Å². The van der Waals surface area contributed by atoms with Crippen molar-refractivity contribution in [2.24, 2.45) is 46.3 Å². The summed E-state index contributed by atoms with van der Waals surface area (Å²) in [6.07, 6.45) is 13.1. The molecule has 3 saturated carbocycles. The standard InChI is InChI=1S/C27H44O3S/c1-17(2)6-11-25(31(29)30)18(3)22-9-10-23-21-8-7-19-16-20(28)12-14-26(19,4)24(21)13-15-27(22,23)5/h7,17-18,20-24,28H,6,8-16H2,1-5H3/t18-,20?,21-,22+,23-,24-,26-,27+/m0/s1. The second-order valence-corrected chi connectivity index (χ2v) is 13.3. The van der Waals surface area contributed by atoms with Gasteiger partial charge in [0.2, 0.25) is 10.3 Å². The van der Waals surface area contributed by atoms with Gasteiger partial charge in [-0.1, -0.05) is 46.3 Å². The molecule has 0 amide bonds. The Labute approximate surface area is 191 Å². The lowest BCUT2D eigenvalue weighted by molar-refractivity contribution is -0.0531. The molecule has 0 radical (unpaired) electrons. The molecule has 176 valence electrons. The fraction of sp³-hybridized carbons (Fsp3) is 0.889. The van der Waals surface area contributed by atoms with Crippen molar-refractivity contribution in [2.75, 3.05) is 0 Å². The van der Waals surface area contributed by atoms with Crippen molar-refractivity contribution in [1.82, 2.24) is 0 Å². The van der Waals surface area contributed by atoms with Crippen LogP contribution in [0.15, 0.2) is 11.6 Å². The number of allylic oxidation sites excluding steroid dienone is 1. The molecule has 0 saturated heterocycles. The fourth-order valence-electron chi connectivity index (χ4n) is 8.62. The lowest BCUT2D eigenvalue weighted by Crippen LogP contribution is -2.51. The van der Waals surface area contributed by atoms with Gasteiger partial charge in [0, 0.05) is 0 Å². The summed E-state index contributed by atoms with van der Waals surface area (Å²) in [5, 5.41) is 10.2. The third kappa shape index (κ3) is 3.98. The van der Waals surface area contributed by atoms with Gasteiger partial charge in [-0.3, -0.25) is 0 Å². The molecule has 0 aromatic heterocycles. The topological polar surface area (TPSA) is 54.4 Å². The predicted octanol–water partition coefficient (Wildman–Crippen LogP) is 6.05. The van der Waals surface area contributed by atoms with E-state index in [-0.39, 0.29) is 22.9 Å². The molecule has 4 heteroatoms. The second-order valence-electron chi connectivity index (χ2n) is 12.3. The largest absolute Gasteiger partial charge is 0.393 e. The van der Waals surface area contributed by atoms with Crippen molar-refractivity contribution in [3.8, 4) is 0 Å². The van der Waals surface area contributed by atoms with Gasteiger partial charge in [0.15, 0.2) is 0 Å². The Balaban J connectivity index is 1.58. The maximum absolute atomic E-state index is 12.2. The summed E-state index contributed by atoms with van der Waals surface area (Å²) in [5.74, 6) is 3.38. The van der Waals surface area contributed by atoms with E-state index >= 15 is 0 Å². The number of hydrogen-bond acceptors (Lipinski definition) is 3. The van der Waals surface area contributed by atoms with Crippen LogP contribution < -0.4 is 0 Å². The van der Waals surface area contributed by atoms with Gasteiger partial charge in [-0.2, -0.15) is 8.42 Å². The Kier molecular flexibility index (Phi) is 6.55. The number of fused-ring (bicyclic) bond motifs is 5. The van der Waals surface area contributed by atoms with E-state index < -0.39 is 10.3 Å². The van der Waals surface area contributed by atoms with Gasteiger partial charge in [-0.05, 0) is 111 Å². The number of aliphatic hydroxyl groups excluding tert-OH is 1. The zero-order valence-corrected chi connectivity index (χ0v) is 21.2. The quantitative estimate of drug-likeness (QED) is 0.411. The summed E-state index contributed by atoms with van der Waals surface area (Å²) in [4.78, 5) is 0.779. The molecule has 0 aromatic rings. The lowest BCUT2D eigenvalue weighted by Gasteiger charge is -2.58. The molecule has 0 heterocycles. The van der Waals surface area contributed by atoms with Crippen LogP contribution in [0.4, 0.5) is 0 Å². The molecule has 31 heavy (non-hydrogen) atoms. The Morgan fingerprint density at radius 1 is 1.10 bits per heavy atom. The number of aliphatic hydroxyl groups is 1. The van der Waals surface area contributed by atoms with Crippen molar-refractivity contribution in [3.63, 3.8) is 0 Å². The van der Waals surface area contributed by atoms with E-state index in [1.54, 1.807) is 0 Å². The molecule has 3 fully saturated rings. The summed E-state index contributed by atoms with van der Waals surface area (Å²) in [7, 11) is -2.07. The Bertz CT molecular complexity index is 848. The molecule has 3 nitrogen and oxygen atoms in total. The van der Waals surface area contributed by atoms with Crippen molar-refractivity contribution < 1.29 is 13.5 Å². The molecule has 1 unspecified atom stereocenters. The molecule has 8 atom stereocenters. The van der Waals surface area contributed by atoms with E-state index in [9.17, 15) is 13.5 Å². The zero-order chi connectivity index (χ0) is 22.6. The highest BCUT2D eigenvalue weighted by Gasteiger charge is 2.59. The first-order valence-corrected chi connectivity index (χ1v) is 14.0. The third-order valence-corrected chi connectivity index (χ3v) is 11.4. The smallest absolute Gasteiger partial charge is 0.213 e. The molecular weight excluding hydrogens is 404 g/mol. The molecule has 0 bridgehead atoms. The monoisotopic (exact) mass is 448 g/mol. The minimum absolute atomic E-state index is 0.144. The van der Waals surface area contributed by atoms with E-state index in [0.717, 1.165) is 48.8 Å². The van der Waals surface area contributed by atoms with Gasteiger partial charge in [0.1, 0.15) is 0 Å². The van der Waals surface area contributed by atoms with Crippen LogP contribution >= 0.6 is 0 Å². The lowest BCUT2D eigenvalue weighted by atomic mass is 9.47. The average molecular weight is 449 g/mol. The molecule has 4 aliphatic rings. The van der Waals surface area contributed by atoms with E-state index in [0.29, 0.717) is 17.8 Å². The van der Waals surface area contributed by atoms with Gasteiger partial charge in [-0.15, -0.1) is 0 Å². The van der Waals surface area contributed by atoms with E-state index in [4.69, 9.17) is 0 Å². The number of hydrogen-bond donors (Lipinski definition) is 1. The number of rotatable bonds is 5. The highest BCUT2D eigenvalue weighted by Crippen LogP contribution is 2.67. The van der Waals surface area contributed by atoms with Crippen LogP contribution in [0.3, 0.4) is 0 Å². The molecule has 0 spiro atoms. The van der Waals surface area contributed by atoms with Gasteiger partial charge in [0.05, 0.1) is 11.0 Å². The maximum atomic E-state index is 12.2. The minimum atomic E-state index is -2.07. The first-order chi connectivity index (χ1) is 14.6. The van der Waals surface area contributed by atoms with Crippen LogP contribution in [0, 0.1) is 46.3 Å². The molecule has 0 aromatic carbocycles. The average Bonchev–Trinajstić information content (AvgIpc) is 3.05. The van der Waals surface area contributed by atoms with Gasteiger partial charge >= 0.3 is 0 Å². The summed E-state index contributed by atoms with van der Waals surface area (Å²) >= 11 is 0. The molecular formula is C27H44O3S. The molecule has 4 rings (SSSR count). The van der Waals surface area contributed by atoms with Crippen molar-refractivity contribution >= 4 is 15.2 Å². The van der Waals surface area contributed by atoms with Crippen molar-refractivity contribution in [3.05, 3.63) is 11.6 Å². The van der Waals surface area contributed by atoms with Crippen LogP contribution in [0.2, 0.25) is 0 Å². The summed E-state index contributed by atoms with van der Waals surface area (Å²) in [5.41, 5.74) is 2.07. The van der Waals surface area contributed by atoms with Gasteiger partial charge in [0.25, 0.3) is 0 Å². The van der Waals surface area contributed by atoms with Crippen LogP contribution in [-0.2, 0) is 10.3 Å². The van der Waals surface area contributed by atoms with Crippen LogP contribution in [0.1, 0.15) is 98.8 Å². The summed E-state index contributed by atoms with van der Waals surface area (Å²) < 4.78 is 24.3. The zero-order valence-electron chi connectivity index (χ0n) is 20.4. The predicted molar refractivity (Wildman–Crippen MR) is 128 cm³/mol. The maximum Gasteiger partial charge on any atom is 0.213 e. The van der Waals surface area contributed by atoms with E-state index in [2.05, 4.69) is 40.7 Å². The van der Waals surface area contributed by atoms with Gasteiger partial charge < -0.3 is 5.11 Å². The highest BCUT2D eigenvalue weighted by atomic mass is 32.2. The van der Waals surface area contributed by atoms with Gasteiger partial charge in [-0.25, -0.2) is 0 Å². The molecule has 1 N–H and O–H groups in total. The Morgan fingerprint density at radius 2 is 1.84 bits per heavy atom. The van der Waals surface area contributed by atoms with E-state index in [1.807, 2.05) is 0 Å². The first kappa shape index (κ1) is 23.5. The summed E-state index contributed by atoms with van der Waals surface area (Å²) in [6.45, 7) is 11.6. The summed E-state index contributed by atoms with van der Waals surface area (Å²) in [6, 6.07) is 0. The first-order valence-electron chi connectivity index (χ1n) is 12.9. The van der Waals surface area contributed by atoms with E-state index in [1.165, 1.54) is 37.7 Å². The van der Waals surface area contributed by atoms with Crippen LogP contribution in [-0.4, -0.2) is 24.5 Å². The molecule has 0 aliphatic heterocycles. The highest BCUT2D eigenvalue weighted by molar-refractivity contribution is 7.73. The Hall–Kier alpha value is -0.610. The van der Waals surface area contributed by atoms with Crippen LogP contribution in [0.5, 0.6) is 0 Å². The minimum Gasteiger partial charge on any atom is -0.393 e. The molecule has 4 aliphatic carbocycles. The SMILES string of the molecule is CC(C)CCC([C@@H](C)[C@H]1CC[C@H]2[C@@H]3CC=C4CC(O)CC[C@]4(C)[C@H]3CC[C@]12C)=S(=O)=O. The third-order valence-electron chi connectivity index (χ3n) is 10.4. The second kappa shape index (κ2) is 8.63. The van der Waals surface area contributed by atoms with Crippen LogP contribution in [0.25, 0.3) is 0 Å². The van der Waals surface area contributed by atoms with Crippen molar-refractivity contribution in [1.29, 1.82) is 0 Å². The normalized spacial score (nSPS) is 42.9.